The Kier molecular flexibility index (Phi) is 4.81. The molecule has 1 aromatic heterocycles. The van der Waals surface area contributed by atoms with Crippen molar-refractivity contribution in [1.82, 2.24) is 14.9 Å². The lowest BCUT2D eigenvalue weighted by atomic mass is 10.0. The van der Waals surface area contributed by atoms with Crippen molar-refractivity contribution in [1.29, 1.82) is 0 Å². The SMILES string of the molecule is COc1ncc(-c2ccc(C3CC3CN3CCCC3C)cc2)c(OC)n1. The molecule has 1 saturated heterocycles. The second kappa shape index (κ2) is 7.23. The van der Waals surface area contributed by atoms with Crippen molar-refractivity contribution < 1.29 is 9.47 Å². The summed E-state index contributed by atoms with van der Waals surface area (Å²) in [5.74, 6) is 2.07. The summed E-state index contributed by atoms with van der Waals surface area (Å²) in [5.41, 5.74) is 3.40. The number of ether oxygens (including phenoxy) is 2. The molecule has 1 aliphatic heterocycles. The highest BCUT2D eigenvalue weighted by molar-refractivity contribution is 5.68. The van der Waals surface area contributed by atoms with Crippen LogP contribution in [0.2, 0.25) is 0 Å². The van der Waals surface area contributed by atoms with Crippen LogP contribution in [-0.4, -0.2) is 48.2 Å². The number of likely N-dealkylation sites (tertiary alicyclic amines) is 1. The average molecular weight is 353 g/mol. The Morgan fingerprint density at radius 3 is 2.62 bits per heavy atom. The summed E-state index contributed by atoms with van der Waals surface area (Å²) >= 11 is 0. The predicted molar refractivity (Wildman–Crippen MR) is 102 cm³/mol. The molecule has 5 heteroatoms. The van der Waals surface area contributed by atoms with Gasteiger partial charge in [0.1, 0.15) is 0 Å². The molecule has 1 aromatic carbocycles. The first kappa shape index (κ1) is 17.3. The van der Waals surface area contributed by atoms with Crippen molar-refractivity contribution in [3.8, 4) is 23.0 Å². The average Bonchev–Trinajstić information content (AvgIpc) is 3.34. The summed E-state index contributed by atoms with van der Waals surface area (Å²) < 4.78 is 10.5. The maximum Gasteiger partial charge on any atom is 0.319 e. The minimum atomic E-state index is 0.319. The number of hydrogen-bond donors (Lipinski definition) is 0. The van der Waals surface area contributed by atoms with Gasteiger partial charge in [-0.25, -0.2) is 4.98 Å². The monoisotopic (exact) mass is 353 g/mol. The van der Waals surface area contributed by atoms with Gasteiger partial charge in [-0.1, -0.05) is 24.3 Å². The fourth-order valence-corrected chi connectivity index (χ4v) is 4.14. The van der Waals surface area contributed by atoms with E-state index in [1.165, 1.54) is 37.9 Å². The second-order valence-corrected chi connectivity index (χ2v) is 7.49. The van der Waals surface area contributed by atoms with Gasteiger partial charge >= 0.3 is 6.01 Å². The van der Waals surface area contributed by atoms with Crippen LogP contribution in [0, 0.1) is 5.92 Å². The van der Waals surface area contributed by atoms with Gasteiger partial charge < -0.3 is 14.4 Å². The molecular weight excluding hydrogens is 326 g/mol. The van der Waals surface area contributed by atoms with Crippen molar-refractivity contribution in [2.75, 3.05) is 27.3 Å². The summed E-state index contributed by atoms with van der Waals surface area (Å²) in [6, 6.07) is 9.88. The highest BCUT2D eigenvalue weighted by Crippen LogP contribution is 2.48. The van der Waals surface area contributed by atoms with Crippen LogP contribution in [0.3, 0.4) is 0 Å². The van der Waals surface area contributed by atoms with Gasteiger partial charge in [-0.05, 0) is 55.7 Å². The van der Waals surface area contributed by atoms with Crippen LogP contribution in [0.5, 0.6) is 11.9 Å². The van der Waals surface area contributed by atoms with E-state index in [1.54, 1.807) is 20.4 Å². The third-order valence-electron chi connectivity index (χ3n) is 5.84. The Morgan fingerprint density at radius 1 is 1.15 bits per heavy atom. The zero-order valence-corrected chi connectivity index (χ0v) is 15.8. The summed E-state index contributed by atoms with van der Waals surface area (Å²) in [5, 5.41) is 0. The molecule has 138 valence electrons. The van der Waals surface area contributed by atoms with E-state index in [-0.39, 0.29) is 0 Å². The zero-order valence-electron chi connectivity index (χ0n) is 15.8. The van der Waals surface area contributed by atoms with Gasteiger partial charge in [-0.3, -0.25) is 0 Å². The van der Waals surface area contributed by atoms with Gasteiger partial charge in [0.05, 0.1) is 19.8 Å². The molecule has 4 rings (SSSR count). The van der Waals surface area contributed by atoms with Crippen LogP contribution in [0.25, 0.3) is 11.1 Å². The Hall–Kier alpha value is -2.14. The first-order valence-electron chi connectivity index (χ1n) is 9.49. The Balaban J connectivity index is 1.45. The van der Waals surface area contributed by atoms with Crippen molar-refractivity contribution in [3.05, 3.63) is 36.0 Å². The number of hydrogen-bond acceptors (Lipinski definition) is 5. The number of nitrogens with zero attached hydrogens (tertiary/aromatic N) is 3. The van der Waals surface area contributed by atoms with Crippen molar-refractivity contribution in [3.63, 3.8) is 0 Å². The van der Waals surface area contributed by atoms with Gasteiger partial charge in [-0.15, -0.1) is 0 Å². The fraction of sp³-hybridized carbons (Fsp3) is 0.524. The number of aromatic nitrogens is 2. The van der Waals surface area contributed by atoms with Gasteiger partial charge in [0.25, 0.3) is 0 Å². The topological polar surface area (TPSA) is 47.5 Å². The van der Waals surface area contributed by atoms with Gasteiger partial charge in [0.15, 0.2) is 0 Å². The van der Waals surface area contributed by atoms with E-state index in [2.05, 4.69) is 46.1 Å². The van der Waals surface area contributed by atoms with Crippen molar-refractivity contribution in [2.45, 2.75) is 38.1 Å². The van der Waals surface area contributed by atoms with Crippen molar-refractivity contribution in [2.24, 2.45) is 5.92 Å². The largest absolute Gasteiger partial charge is 0.480 e. The molecule has 26 heavy (non-hydrogen) atoms. The lowest BCUT2D eigenvalue weighted by Crippen LogP contribution is -2.29. The molecule has 2 heterocycles. The van der Waals surface area contributed by atoms with E-state index in [4.69, 9.17) is 9.47 Å². The summed E-state index contributed by atoms with van der Waals surface area (Å²) in [4.78, 5) is 11.1. The molecule has 0 radical (unpaired) electrons. The van der Waals surface area contributed by atoms with Crippen LogP contribution in [0.15, 0.2) is 30.5 Å². The van der Waals surface area contributed by atoms with E-state index in [1.807, 2.05) is 0 Å². The lowest BCUT2D eigenvalue weighted by Gasteiger charge is -2.20. The molecule has 3 unspecified atom stereocenters. The normalized spacial score (nSPS) is 25.3. The van der Waals surface area contributed by atoms with E-state index in [9.17, 15) is 0 Å². The van der Waals surface area contributed by atoms with Crippen LogP contribution < -0.4 is 9.47 Å². The fourth-order valence-electron chi connectivity index (χ4n) is 4.14. The highest BCUT2D eigenvalue weighted by atomic mass is 16.5. The third-order valence-corrected chi connectivity index (χ3v) is 5.84. The van der Waals surface area contributed by atoms with Gasteiger partial charge in [0.2, 0.25) is 5.88 Å². The highest BCUT2D eigenvalue weighted by Gasteiger charge is 2.40. The van der Waals surface area contributed by atoms with E-state index in [0.717, 1.165) is 23.1 Å². The number of methoxy groups -OCH3 is 2. The van der Waals surface area contributed by atoms with Crippen LogP contribution >= 0.6 is 0 Å². The Bertz CT molecular complexity index is 762. The molecule has 0 N–H and O–H groups in total. The van der Waals surface area contributed by atoms with E-state index < -0.39 is 0 Å². The number of rotatable bonds is 6. The smallest absolute Gasteiger partial charge is 0.319 e. The molecule has 2 aliphatic rings. The molecule has 2 aromatic rings. The molecule has 1 saturated carbocycles. The summed E-state index contributed by atoms with van der Waals surface area (Å²) in [6.45, 7) is 4.90. The second-order valence-electron chi connectivity index (χ2n) is 7.49. The molecule has 0 spiro atoms. The lowest BCUT2D eigenvalue weighted by molar-refractivity contribution is 0.256. The maximum absolute atomic E-state index is 5.40. The molecule has 0 amide bonds. The van der Waals surface area contributed by atoms with Gasteiger partial charge in [0, 0.05) is 18.8 Å². The predicted octanol–water partition coefficient (Wildman–Crippen LogP) is 3.75. The molecular formula is C21H27N3O2. The van der Waals surface area contributed by atoms with Crippen LogP contribution in [0.4, 0.5) is 0 Å². The van der Waals surface area contributed by atoms with E-state index >= 15 is 0 Å². The zero-order chi connectivity index (χ0) is 18.1. The molecule has 0 bridgehead atoms. The molecule has 1 aliphatic carbocycles. The maximum atomic E-state index is 5.40. The first-order valence-corrected chi connectivity index (χ1v) is 9.49. The van der Waals surface area contributed by atoms with Gasteiger partial charge in [-0.2, -0.15) is 4.98 Å². The summed E-state index contributed by atoms with van der Waals surface area (Å²) in [7, 11) is 3.17. The standard InChI is InChI=1S/C21H27N3O2/c1-14-5-4-10-24(14)13-17-11-18(17)15-6-8-16(9-7-15)19-12-22-21(26-3)23-20(19)25-2/h6-9,12,14,17-18H,4-5,10-11,13H2,1-3H3. The quantitative estimate of drug-likeness (QED) is 0.791. The summed E-state index contributed by atoms with van der Waals surface area (Å²) in [6.07, 6.45) is 5.79. The molecule has 3 atom stereocenters. The third kappa shape index (κ3) is 3.40. The van der Waals surface area contributed by atoms with E-state index in [0.29, 0.717) is 17.8 Å². The van der Waals surface area contributed by atoms with Crippen LogP contribution in [-0.2, 0) is 0 Å². The Labute approximate surface area is 155 Å². The molecule has 5 nitrogen and oxygen atoms in total. The first-order chi connectivity index (χ1) is 12.7. The minimum Gasteiger partial charge on any atom is -0.480 e. The number of benzene rings is 1. The van der Waals surface area contributed by atoms with Crippen LogP contribution in [0.1, 0.15) is 37.7 Å². The van der Waals surface area contributed by atoms with Crippen molar-refractivity contribution >= 4 is 0 Å². The Morgan fingerprint density at radius 2 is 1.96 bits per heavy atom. The molecule has 2 fully saturated rings. The minimum absolute atomic E-state index is 0.319.